The molecule has 194 valence electrons. The topological polar surface area (TPSA) is 83.0 Å². The molecule has 6 rings (SSSR count). The van der Waals surface area contributed by atoms with Gasteiger partial charge < -0.3 is 9.30 Å². The first-order valence-corrected chi connectivity index (χ1v) is 14.1. The Morgan fingerprint density at radius 1 is 1.13 bits per heavy atom. The minimum atomic E-state index is -0.385. The molecule has 0 unspecified atom stereocenters. The molecule has 2 aliphatic heterocycles. The number of benzene rings is 2. The molecule has 3 aromatic rings. The number of ether oxygens (including phenoxy) is 1. The summed E-state index contributed by atoms with van der Waals surface area (Å²) in [5, 5.41) is 17.6. The Labute approximate surface area is 226 Å². The Bertz CT molecular complexity index is 1530. The SMILES string of the molecule is Cc1ccc(OCCn2cc(/C=C3/C(=N)N4N=C(C5CCCCC5)SC4=NC3=O)c3ccccc32)c(C)c1. The molecule has 1 saturated carbocycles. The van der Waals surface area contributed by atoms with Gasteiger partial charge in [-0.25, -0.2) is 0 Å². The van der Waals surface area contributed by atoms with Crippen molar-refractivity contribution < 1.29 is 9.53 Å². The van der Waals surface area contributed by atoms with E-state index in [1.54, 1.807) is 11.1 Å². The number of fused-ring (bicyclic) bond motifs is 2. The third-order valence-corrected chi connectivity index (χ3v) is 8.53. The fourth-order valence-corrected chi connectivity index (χ4v) is 6.53. The summed E-state index contributed by atoms with van der Waals surface area (Å²) in [4.78, 5) is 17.4. The number of aryl methyl sites for hydroxylation is 2. The molecular weight excluding hydrogens is 494 g/mol. The number of amides is 1. The summed E-state index contributed by atoms with van der Waals surface area (Å²) < 4.78 is 8.22. The number of hydrogen-bond donors (Lipinski definition) is 1. The number of aliphatic imine (C=N–C) groups is 1. The van der Waals surface area contributed by atoms with E-state index in [9.17, 15) is 4.79 Å². The van der Waals surface area contributed by atoms with Crippen LogP contribution in [0.25, 0.3) is 17.0 Å². The molecule has 2 aromatic carbocycles. The smallest absolute Gasteiger partial charge is 0.283 e. The monoisotopic (exact) mass is 525 g/mol. The van der Waals surface area contributed by atoms with Crippen molar-refractivity contribution in [1.82, 2.24) is 9.58 Å². The maximum atomic E-state index is 13.0. The number of carbonyl (C=O) groups is 1. The van der Waals surface area contributed by atoms with Crippen molar-refractivity contribution in [3.8, 4) is 5.75 Å². The Balaban J connectivity index is 1.25. The van der Waals surface area contributed by atoms with Crippen LogP contribution in [0.2, 0.25) is 0 Å². The Kier molecular flexibility index (Phi) is 6.66. The summed E-state index contributed by atoms with van der Waals surface area (Å²) in [6.07, 6.45) is 9.72. The molecule has 0 radical (unpaired) electrons. The average molecular weight is 526 g/mol. The molecule has 3 aliphatic rings. The normalized spacial score (nSPS) is 19.2. The van der Waals surface area contributed by atoms with E-state index in [0.29, 0.717) is 24.2 Å². The number of rotatable bonds is 6. The minimum absolute atomic E-state index is 0.0910. The molecule has 0 atom stereocenters. The van der Waals surface area contributed by atoms with Gasteiger partial charge in [-0.3, -0.25) is 10.2 Å². The third kappa shape index (κ3) is 4.69. The van der Waals surface area contributed by atoms with Gasteiger partial charge in [0.1, 0.15) is 17.4 Å². The highest BCUT2D eigenvalue weighted by Crippen LogP contribution is 2.36. The molecule has 0 saturated heterocycles. The van der Waals surface area contributed by atoms with Crippen molar-refractivity contribution >= 4 is 50.7 Å². The van der Waals surface area contributed by atoms with Gasteiger partial charge in [0.25, 0.3) is 5.91 Å². The number of para-hydroxylation sites is 1. The van der Waals surface area contributed by atoms with E-state index in [0.717, 1.165) is 45.7 Å². The lowest BCUT2D eigenvalue weighted by molar-refractivity contribution is -0.114. The Morgan fingerprint density at radius 3 is 2.76 bits per heavy atom. The van der Waals surface area contributed by atoms with Crippen LogP contribution in [0, 0.1) is 25.2 Å². The van der Waals surface area contributed by atoms with Crippen LogP contribution < -0.4 is 4.74 Å². The van der Waals surface area contributed by atoms with E-state index in [1.807, 2.05) is 30.5 Å². The molecule has 1 aliphatic carbocycles. The molecular formula is C30H31N5O2S. The zero-order chi connectivity index (χ0) is 26.2. The summed E-state index contributed by atoms with van der Waals surface area (Å²) in [5.41, 5.74) is 4.53. The first kappa shape index (κ1) is 24.7. The summed E-state index contributed by atoms with van der Waals surface area (Å²) in [5.74, 6) is 0.999. The van der Waals surface area contributed by atoms with Crippen LogP contribution in [0.3, 0.4) is 0 Å². The van der Waals surface area contributed by atoms with E-state index >= 15 is 0 Å². The first-order chi connectivity index (χ1) is 18.5. The van der Waals surface area contributed by atoms with Crippen molar-refractivity contribution in [2.24, 2.45) is 16.0 Å². The molecule has 3 heterocycles. The number of amidine groups is 2. The van der Waals surface area contributed by atoms with Crippen LogP contribution in [0.15, 0.2) is 64.3 Å². The van der Waals surface area contributed by atoms with Crippen LogP contribution in [-0.4, -0.2) is 38.1 Å². The van der Waals surface area contributed by atoms with Crippen molar-refractivity contribution in [3.63, 3.8) is 0 Å². The lowest BCUT2D eigenvalue weighted by Crippen LogP contribution is -2.35. The van der Waals surface area contributed by atoms with Gasteiger partial charge in [0, 0.05) is 28.6 Å². The van der Waals surface area contributed by atoms with Gasteiger partial charge in [0.2, 0.25) is 5.17 Å². The first-order valence-electron chi connectivity index (χ1n) is 13.3. The number of hydrazone groups is 1. The highest BCUT2D eigenvalue weighted by molar-refractivity contribution is 8.27. The third-order valence-electron chi connectivity index (χ3n) is 7.46. The zero-order valence-electron chi connectivity index (χ0n) is 21.7. The second-order valence-electron chi connectivity index (χ2n) is 10.2. The van der Waals surface area contributed by atoms with Gasteiger partial charge >= 0.3 is 0 Å². The van der Waals surface area contributed by atoms with Crippen LogP contribution in [0.5, 0.6) is 5.75 Å². The second-order valence-corrected chi connectivity index (χ2v) is 11.2. The second kappa shape index (κ2) is 10.3. The van der Waals surface area contributed by atoms with Crippen LogP contribution in [0.4, 0.5) is 0 Å². The van der Waals surface area contributed by atoms with Crippen molar-refractivity contribution in [2.75, 3.05) is 6.61 Å². The molecule has 0 spiro atoms. The Hall–Kier alpha value is -3.65. The molecule has 7 nitrogen and oxygen atoms in total. The van der Waals surface area contributed by atoms with Crippen LogP contribution in [-0.2, 0) is 11.3 Å². The standard InChI is InChI=1S/C30H31N5O2S/c1-19-12-13-26(20(2)16-19)37-15-14-34-18-22(23-10-6-7-11-25(23)34)17-24-27(31)35-30(32-28(24)36)38-29(33-35)21-8-4-3-5-9-21/h6-7,10-13,16-18,21,31H,3-5,8-9,14-15H2,1-2H3/b24-17-,31-27?. The molecule has 1 N–H and O–H groups in total. The fraction of sp³-hybridized carbons (Fsp3) is 0.333. The lowest BCUT2D eigenvalue weighted by Gasteiger charge is -2.20. The molecule has 1 amide bonds. The van der Waals surface area contributed by atoms with Crippen LogP contribution >= 0.6 is 11.8 Å². The molecule has 8 heteroatoms. The number of nitrogens with zero attached hydrogens (tertiary/aromatic N) is 4. The van der Waals surface area contributed by atoms with Gasteiger partial charge in [-0.05, 0) is 62.2 Å². The number of hydrogen-bond acceptors (Lipinski definition) is 5. The number of aromatic nitrogens is 1. The van der Waals surface area contributed by atoms with Gasteiger partial charge in [-0.15, -0.1) is 0 Å². The average Bonchev–Trinajstić information content (AvgIpc) is 3.50. The summed E-state index contributed by atoms with van der Waals surface area (Å²) in [6, 6.07) is 14.3. The Morgan fingerprint density at radius 2 is 1.95 bits per heavy atom. The largest absolute Gasteiger partial charge is 0.491 e. The maximum Gasteiger partial charge on any atom is 0.283 e. The highest BCUT2D eigenvalue weighted by atomic mass is 32.2. The van der Waals surface area contributed by atoms with E-state index in [2.05, 4.69) is 41.6 Å². The molecule has 1 fully saturated rings. The van der Waals surface area contributed by atoms with Crippen molar-refractivity contribution in [1.29, 1.82) is 5.41 Å². The van der Waals surface area contributed by atoms with E-state index < -0.39 is 0 Å². The number of nitrogens with one attached hydrogen (secondary N) is 1. The maximum absolute atomic E-state index is 13.0. The molecule has 1 aromatic heterocycles. The summed E-state index contributed by atoms with van der Waals surface area (Å²) in [6.45, 7) is 5.31. The van der Waals surface area contributed by atoms with Crippen molar-refractivity contribution in [3.05, 3.63) is 70.9 Å². The number of carbonyl (C=O) groups excluding carboxylic acids is 1. The van der Waals surface area contributed by atoms with E-state index in [-0.39, 0.29) is 17.3 Å². The van der Waals surface area contributed by atoms with Gasteiger partial charge in [0.15, 0.2) is 5.84 Å². The molecule has 0 bridgehead atoms. The van der Waals surface area contributed by atoms with Gasteiger partial charge in [0.05, 0.1) is 12.1 Å². The minimum Gasteiger partial charge on any atom is -0.491 e. The molecule has 38 heavy (non-hydrogen) atoms. The predicted molar refractivity (Wildman–Crippen MR) is 155 cm³/mol. The predicted octanol–water partition coefficient (Wildman–Crippen LogP) is 6.54. The van der Waals surface area contributed by atoms with E-state index in [4.69, 9.17) is 15.2 Å². The summed E-state index contributed by atoms with van der Waals surface area (Å²) in [7, 11) is 0. The quantitative estimate of drug-likeness (QED) is 0.371. The summed E-state index contributed by atoms with van der Waals surface area (Å²) >= 11 is 1.45. The zero-order valence-corrected chi connectivity index (χ0v) is 22.6. The van der Waals surface area contributed by atoms with E-state index in [1.165, 1.54) is 36.6 Å². The lowest BCUT2D eigenvalue weighted by atomic mass is 9.90. The fourth-order valence-electron chi connectivity index (χ4n) is 5.47. The van der Waals surface area contributed by atoms with Crippen molar-refractivity contribution in [2.45, 2.75) is 52.5 Å². The van der Waals surface area contributed by atoms with Gasteiger partial charge in [-0.1, -0.05) is 55.2 Å². The van der Waals surface area contributed by atoms with Crippen LogP contribution in [0.1, 0.15) is 48.8 Å². The highest BCUT2D eigenvalue weighted by Gasteiger charge is 2.38. The number of thioether (sulfide) groups is 1. The van der Waals surface area contributed by atoms with Gasteiger partial charge in [-0.2, -0.15) is 15.1 Å².